The Labute approximate surface area is 159 Å². The van der Waals surface area contributed by atoms with Gasteiger partial charge in [0.1, 0.15) is 16.8 Å². The minimum Gasteiger partial charge on any atom is -0.496 e. The van der Waals surface area contributed by atoms with E-state index in [1.54, 1.807) is 25.3 Å². The number of methoxy groups -OCH3 is 1. The summed E-state index contributed by atoms with van der Waals surface area (Å²) in [5, 5.41) is 3.38. The van der Waals surface area contributed by atoms with Crippen LogP contribution >= 0.6 is 0 Å². The quantitative estimate of drug-likeness (QED) is 0.743. The van der Waals surface area contributed by atoms with Gasteiger partial charge in [-0.2, -0.15) is 4.31 Å². The number of hydrogen-bond acceptors (Lipinski definition) is 4. The third kappa shape index (κ3) is 3.18. The van der Waals surface area contributed by atoms with Gasteiger partial charge in [0.2, 0.25) is 10.0 Å². The van der Waals surface area contributed by atoms with Crippen LogP contribution in [-0.2, 0) is 16.6 Å². The molecule has 3 aromatic rings. The zero-order valence-electron chi connectivity index (χ0n) is 14.9. The van der Waals surface area contributed by atoms with Crippen molar-refractivity contribution >= 4 is 15.7 Å². The van der Waals surface area contributed by atoms with Crippen LogP contribution in [0.3, 0.4) is 0 Å². The molecule has 0 amide bonds. The van der Waals surface area contributed by atoms with Crippen LogP contribution < -0.4 is 10.1 Å². The first-order chi connectivity index (χ1) is 13.1. The average Bonchev–Trinajstić information content (AvgIpc) is 2.71. The molecule has 1 N–H and O–H groups in total. The van der Waals surface area contributed by atoms with Gasteiger partial charge in [-0.15, -0.1) is 0 Å². The fourth-order valence-corrected chi connectivity index (χ4v) is 5.03. The van der Waals surface area contributed by atoms with Gasteiger partial charge in [-0.25, -0.2) is 8.42 Å². The van der Waals surface area contributed by atoms with Gasteiger partial charge in [0.25, 0.3) is 0 Å². The highest BCUT2D eigenvalue weighted by molar-refractivity contribution is 7.89. The molecule has 0 fully saturated rings. The Balaban J connectivity index is 1.87. The van der Waals surface area contributed by atoms with Crippen molar-refractivity contribution in [1.29, 1.82) is 0 Å². The average molecular weight is 380 g/mol. The van der Waals surface area contributed by atoms with E-state index in [-0.39, 0.29) is 11.4 Å². The zero-order chi connectivity index (χ0) is 18.9. The van der Waals surface area contributed by atoms with Crippen molar-refractivity contribution in [3.8, 4) is 5.75 Å². The van der Waals surface area contributed by atoms with Gasteiger partial charge in [-0.1, -0.05) is 60.7 Å². The Kier molecular flexibility index (Phi) is 4.59. The molecule has 0 aliphatic carbocycles. The molecule has 6 heteroatoms. The highest BCUT2D eigenvalue weighted by Gasteiger charge is 2.39. The number of anilines is 1. The Hall–Kier alpha value is -2.83. The van der Waals surface area contributed by atoms with Gasteiger partial charge in [-0.3, -0.25) is 0 Å². The second kappa shape index (κ2) is 7.06. The lowest BCUT2D eigenvalue weighted by molar-refractivity contribution is 0.323. The molecule has 3 aromatic carbocycles. The summed E-state index contributed by atoms with van der Waals surface area (Å²) in [5.41, 5.74) is 2.29. The highest BCUT2D eigenvalue weighted by Crippen LogP contribution is 2.41. The van der Waals surface area contributed by atoms with Crippen LogP contribution in [0.1, 0.15) is 17.3 Å². The molecule has 0 bridgehead atoms. The van der Waals surface area contributed by atoms with Crippen LogP contribution in [0.5, 0.6) is 5.75 Å². The molecule has 0 radical (unpaired) electrons. The van der Waals surface area contributed by atoms with Crippen LogP contribution in [0.15, 0.2) is 83.8 Å². The maximum atomic E-state index is 13.4. The van der Waals surface area contributed by atoms with Crippen molar-refractivity contribution in [2.45, 2.75) is 17.6 Å². The Morgan fingerprint density at radius 3 is 2.37 bits per heavy atom. The van der Waals surface area contributed by atoms with E-state index in [4.69, 9.17) is 4.74 Å². The molecule has 138 valence electrons. The maximum absolute atomic E-state index is 13.4. The molecule has 4 rings (SSSR count). The van der Waals surface area contributed by atoms with Crippen molar-refractivity contribution in [1.82, 2.24) is 4.31 Å². The fraction of sp³-hybridized carbons (Fsp3) is 0.143. The van der Waals surface area contributed by atoms with Crippen LogP contribution in [0.4, 0.5) is 5.69 Å². The van der Waals surface area contributed by atoms with Crippen molar-refractivity contribution in [3.05, 3.63) is 90.0 Å². The molecule has 1 atom stereocenters. The number of benzene rings is 3. The van der Waals surface area contributed by atoms with Crippen molar-refractivity contribution in [2.24, 2.45) is 0 Å². The van der Waals surface area contributed by atoms with Gasteiger partial charge in [0.15, 0.2) is 0 Å². The lowest BCUT2D eigenvalue weighted by Gasteiger charge is -2.37. The first-order valence-corrected chi connectivity index (χ1v) is 10.1. The summed E-state index contributed by atoms with van der Waals surface area (Å²) in [6, 6.07) is 24.0. The molecule has 0 aromatic heterocycles. The molecule has 0 spiro atoms. The largest absolute Gasteiger partial charge is 0.496 e. The normalized spacial score (nSPS) is 18.3. The highest BCUT2D eigenvalue weighted by atomic mass is 32.2. The van der Waals surface area contributed by atoms with E-state index >= 15 is 0 Å². The summed E-state index contributed by atoms with van der Waals surface area (Å²) in [6.07, 6.45) is -0.568. The van der Waals surface area contributed by atoms with E-state index in [0.29, 0.717) is 11.4 Å². The number of nitrogens with one attached hydrogen (secondary N) is 1. The summed E-state index contributed by atoms with van der Waals surface area (Å²) in [4.78, 5) is 0.284. The molecule has 5 nitrogen and oxygen atoms in total. The van der Waals surface area contributed by atoms with Gasteiger partial charge in [0.05, 0.1) is 12.8 Å². The van der Waals surface area contributed by atoms with E-state index in [9.17, 15) is 8.42 Å². The van der Waals surface area contributed by atoms with Crippen LogP contribution in [-0.4, -0.2) is 19.8 Å². The number of ether oxygens (including phenoxy) is 1. The Morgan fingerprint density at radius 1 is 0.926 bits per heavy atom. The molecule has 0 saturated heterocycles. The zero-order valence-corrected chi connectivity index (χ0v) is 15.7. The van der Waals surface area contributed by atoms with Crippen molar-refractivity contribution in [3.63, 3.8) is 0 Å². The maximum Gasteiger partial charge on any atom is 0.247 e. The van der Waals surface area contributed by atoms with Gasteiger partial charge in [0, 0.05) is 12.1 Å². The standard InChI is InChI=1S/C21H20N2O3S/c1-26-19-13-7-5-11-17(19)21-22-18-12-6-8-14-20(18)27(24,25)23(21)15-16-9-3-2-4-10-16/h2-14,21-22H,15H2,1H3. The lowest BCUT2D eigenvalue weighted by Crippen LogP contribution is -2.42. The summed E-state index contributed by atoms with van der Waals surface area (Å²) < 4.78 is 33.9. The molecule has 1 heterocycles. The minimum absolute atomic E-state index is 0.257. The Bertz CT molecular complexity index is 1050. The Morgan fingerprint density at radius 2 is 1.59 bits per heavy atom. The van der Waals surface area contributed by atoms with Gasteiger partial charge < -0.3 is 10.1 Å². The summed E-state index contributed by atoms with van der Waals surface area (Å²) in [7, 11) is -2.10. The molecule has 1 unspecified atom stereocenters. The van der Waals surface area contributed by atoms with E-state index in [2.05, 4.69) is 5.32 Å². The second-order valence-electron chi connectivity index (χ2n) is 6.32. The summed E-state index contributed by atoms with van der Waals surface area (Å²) in [5.74, 6) is 0.641. The molecular formula is C21H20N2O3S. The third-order valence-corrected chi connectivity index (χ3v) is 6.54. The molecule has 27 heavy (non-hydrogen) atoms. The summed E-state index contributed by atoms with van der Waals surface area (Å²) >= 11 is 0. The molecule has 1 aliphatic heterocycles. The first kappa shape index (κ1) is 17.6. The number of hydrogen-bond donors (Lipinski definition) is 1. The third-order valence-electron chi connectivity index (χ3n) is 4.67. The number of fused-ring (bicyclic) bond motifs is 1. The smallest absolute Gasteiger partial charge is 0.247 e. The first-order valence-electron chi connectivity index (χ1n) is 8.65. The predicted molar refractivity (Wildman–Crippen MR) is 105 cm³/mol. The van der Waals surface area contributed by atoms with Gasteiger partial charge in [-0.05, 0) is 23.8 Å². The SMILES string of the molecule is COc1ccccc1C1Nc2ccccc2S(=O)(=O)N1Cc1ccccc1. The van der Waals surface area contributed by atoms with Crippen molar-refractivity contribution in [2.75, 3.05) is 12.4 Å². The van der Waals surface area contributed by atoms with E-state index < -0.39 is 16.2 Å². The lowest BCUT2D eigenvalue weighted by atomic mass is 10.1. The fourth-order valence-electron chi connectivity index (χ4n) is 3.36. The van der Waals surface area contributed by atoms with Crippen LogP contribution in [0.2, 0.25) is 0 Å². The number of sulfonamides is 1. The van der Waals surface area contributed by atoms with Crippen LogP contribution in [0, 0.1) is 0 Å². The number of para-hydroxylation sites is 2. The van der Waals surface area contributed by atoms with Gasteiger partial charge >= 0.3 is 0 Å². The minimum atomic E-state index is -3.69. The molecule has 1 aliphatic rings. The summed E-state index contributed by atoms with van der Waals surface area (Å²) in [6.45, 7) is 0.257. The monoisotopic (exact) mass is 380 g/mol. The topological polar surface area (TPSA) is 58.6 Å². The van der Waals surface area contributed by atoms with E-state index in [1.807, 2.05) is 60.7 Å². The molecule has 0 saturated carbocycles. The number of nitrogens with zero attached hydrogens (tertiary/aromatic N) is 1. The predicted octanol–water partition coefficient (Wildman–Crippen LogP) is 4.01. The molecular weight excluding hydrogens is 360 g/mol. The van der Waals surface area contributed by atoms with E-state index in [1.165, 1.54) is 4.31 Å². The van der Waals surface area contributed by atoms with E-state index in [0.717, 1.165) is 11.1 Å². The van der Waals surface area contributed by atoms with Crippen LogP contribution in [0.25, 0.3) is 0 Å². The number of rotatable bonds is 4. The van der Waals surface area contributed by atoms with Crippen molar-refractivity contribution < 1.29 is 13.2 Å². The second-order valence-corrected chi connectivity index (χ2v) is 8.18.